The Morgan fingerprint density at radius 2 is 2.19 bits per heavy atom. The summed E-state index contributed by atoms with van der Waals surface area (Å²) < 4.78 is 5.56. The summed E-state index contributed by atoms with van der Waals surface area (Å²) in [7, 11) is 0. The number of aliphatic hydroxyl groups is 1. The van der Waals surface area contributed by atoms with Gasteiger partial charge in [0.05, 0.1) is 10.5 Å². The van der Waals surface area contributed by atoms with E-state index in [1.807, 2.05) is 13.8 Å². The van der Waals surface area contributed by atoms with Crippen LogP contribution in [0, 0.1) is 10.1 Å². The molecule has 1 unspecified atom stereocenters. The first-order valence-electron chi connectivity index (χ1n) is 7.22. The molecule has 1 N–H and O–H groups in total. The molecule has 2 rings (SSSR count). The monoisotopic (exact) mass is 294 g/mol. The molecule has 1 aliphatic rings. The summed E-state index contributed by atoms with van der Waals surface area (Å²) in [6.07, 6.45) is 2.02. The molecule has 1 aromatic rings. The van der Waals surface area contributed by atoms with Crippen LogP contribution in [0.5, 0.6) is 5.75 Å². The molecular formula is C15H22N2O4. The Kier molecular flexibility index (Phi) is 4.80. The molecule has 0 aromatic heterocycles. The normalized spacial score (nSPS) is 19.7. The molecule has 1 heterocycles. The molecule has 21 heavy (non-hydrogen) atoms. The number of nitro benzene ring substituents is 1. The fourth-order valence-corrected chi connectivity index (χ4v) is 2.90. The third-order valence-electron chi connectivity index (χ3n) is 3.88. The van der Waals surface area contributed by atoms with E-state index < -0.39 is 10.5 Å². The topological polar surface area (TPSA) is 75.8 Å². The van der Waals surface area contributed by atoms with Gasteiger partial charge in [0.25, 0.3) is 0 Å². The van der Waals surface area contributed by atoms with Crippen LogP contribution < -0.4 is 4.74 Å². The quantitative estimate of drug-likeness (QED) is 0.643. The highest BCUT2D eigenvalue weighted by Crippen LogP contribution is 2.28. The zero-order valence-corrected chi connectivity index (χ0v) is 12.5. The lowest BCUT2D eigenvalue weighted by molar-refractivity contribution is -0.385. The molecule has 0 spiro atoms. The molecule has 1 aromatic carbocycles. The van der Waals surface area contributed by atoms with E-state index in [-0.39, 0.29) is 11.7 Å². The summed E-state index contributed by atoms with van der Waals surface area (Å²) in [6, 6.07) is 6.50. The number of ether oxygens (including phenoxy) is 1. The highest BCUT2D eigenvalue weighted by molar-refractivity contribution is 5.45. The summed E-state index contributed by atoms with van der Waals surface area (Å²) in [5.74, 6) is 0.293. The average molecular weight is 294 g/mol. The summed E-state index contributed by atoms with van der Waals surface area (Å²) in [6.45, 7) is 5.59. The Balaban J connectivity index is 1.92. The molecule has 0 saturated carbocycles. The van der Waals surface area contributed by atoms with Crippen molar-refractivity contribution in [3.05, 3.63) is 34.4 Å². The third-order valence-corrected chi connectivity index (χ3v) is 3.88. The number of nitrogens with zero attached hydrogens (tertiary/aromatic N) is 2. The standard InChI is InChI=1S/C15H22N2O4/c1-15(2,18)14-8-5-9-16(14)10-11-21-13-7-4-3-6-12(13)17(19)20/h3-4,6-7,14,18H,5,8-11H2,1-2H3. The van der Waals surface area contributed by atoms with Crippen molar-refractivity contribution in [2.75, 3.05) is 19.7 Å². The van der Waals surface area contributed by atoms with Crippen molar-refractivity contribution in [1.82, 2.24) is 4.90 Å². The zero-order valence-electron chi connectivity index (χ0n) is 12.5. The van der Waals surface area contributed by atoms with E-state index in [0.717, 1.165) is 19.4 Å². The van der Waals surface area contributed by atoms with Gasteiger partial charge in [-0.1, -0.05) is 12.1 Å². The van der Waals surface area contributed by atoms with Gasteiger partial charge in [-0.15, -0.1) is 0 Å². The lowest BCUT2D eigenvalue weighted by Gasteiger charge is -2.33. The Labute approximate surface area is 124 Å². The van der Waals surface area contributed by atoms with E-state index >= 15 is 0 Å². The van der Waals surface area contributed by atoms with E-state index in [1.54, 1.807) is 18.2 Å². The van der Waals surface area contributed by atoms with Crippen LogP contribution in [0.1, 0.15) is 26.7 Å². The van der Waals surface area contributed by atoms with Gasteiger partial charge in [-0.05, 0) is 39.3 Å². The van der Waals surface area contributed by atoms with Gasteiger partial charge >= 0.3 is 5.69 Å². The highest BCUT2D eigenvalue weighted by Gasteiger charge is 2.35. The van der Waals surface area contributed by atoms with Crippen molar-refractivity contribution in [1.29, 1.82) is 0 Å². The number of likely N-dealkylation sites (tertiary alicyclic amines) is 1. The van der Waals surface area contributed by atoms with E-state index in [0.29, 0.717) is 18.9 Å². The van der Waals surface area contributed by atoms with Crippen LogP contribution in [0.15, 0.2) is 24.3 Å². The fraction of sp³-hybridized carbons (Fsp3) is 0.600. The van der Waals surface area contributed by atoms with E-state index in [1.165, 1.54) is 6.07 Å². The number of hydrogen-bond donors (Lipinski definition) is 1. The summed E-state index contributed by atoms with van der Waals surface area (Å²) in [5, 5.41) is 21.1. The molecule has 1 fully saturated rings. The average Bonchev–Trinajstić information content (AvgIpc) is 2.87. The molecule has 116 valence electrons. The number of para-hydroxylation sites is 2. The van der Waals surface area contributed by atoms with Gasteiger partial charge in [-0.3, -0.25) is 15.0 Å². The third kappa shape index (κ3) is 3.92. The largest absolute Gasteiger partial charge is 0.485 e. The minimum Gasteiger partial charge on any atom is -0.485 e. The minimum atomic E-state index is -0.741. The number of rotatable bonds is 6. The first-order valence-corrected chi connectivity index (χ1v) is 7.22. The maximum absolute atomic E-state index is 10.9. The van der Waals surface area contributed by atoms with Crippen LogP contribution in [0.4, 0.5) is 5.69 Å². The Morgan fingerprint density at radius 1 is 1.48 bits per heavy atom. The van der Waals surface area contributed by atoms with Crippen LogP contribution >= 0.6 is 0 Å². The summed E-state index contributed by atoms with van der Waals surface area (Å²) in [5.41, 5.74) is -0.757. The SMILES string of the molecule is CC(C)(O)C1CCCN1CCOc1ccccc1[N+](=O)[O-]. The number of nitro groups is 1. The van der Waals surface area contributed by atoms with E-state index in [9.17, 15) is 15.2 Å². The second kappa shape index (κ2) is 6.41. The number of benzene rings is 1. The van der Waals surface area contributed by atoms with Gasteiger partial charge in [0.15, 0.2) is 5.75 Å². The fourth-order valence-electron chi connectivity index (χ4n) is 2.90. The Bertz CT molecular complexity index is 499. The van der Waals surface area contributed by atoms with Crippen LogP contribution in [-0.4, -0.2) is 46.3 Å². The van der Waals surface area contributed by atoms with Crippen molar-refractivity contribution in [3.8, 4) is 5.75 Å². The predicted octanol–water partition coefficient (Wildman–Crippen LogP) is 2.21. The van der Waals surface area contributed by atoms with E-state index in [2.05, 4.69) is 4.90 Å². The maximum atomic E-state index is 10.9. The first-order chi connectivity index (χ1) is 9.89. The van der Waals surface area contributed by atoms with Crippen molar-refractivity contribution < 1.29 is 14.8 Å². The lowest BCUT2D eigenvalue weighted by Crippen LogP contribution is -2.46. The molecule has 6 nitrogen and oxygen atoms in total. The molecule has 1 saturated heterocycles. The van der Waals surface area contributed by atoms with E-state index in [4.69, 9.17) is 4.74 Å². The van der Waals surface area contributed by atoms with Gasteiger partial charge in [-0.2, -0.15) is 0 Å². The molecule has 6 heteroatoms. The number of hydrogen-bond acceptors (Lipinski definition) is 5. The second-order valence-electron chi connectivity index (χ2n) is 5.92. The predicted molar refractivity (Wildman–Crippen MR) is 79.5 cm³/mol. The molecule has 0 bridgehead atoms. The minimum absolute atomic E-state index is 0.0158. The Hall–Kier alpha value is -1.66. The van der Waals surface area contributed by atoms with Crippen LogP contribution in [0.2, 0.25) is 0 Å². The van der Waals surface area contributed by atoms with Gasteiger partial charge in [0.1, 0.15) is 6.61 Å². The Morgan fingerprint density at radius 3 is 2.86 bits per heavy atom. The smallest absolute Gasteiger partial charge is 0.310 e. The highest BCUT2D eigenvalue weighted by atomic mass is 16.6. The van der Waals surface area contributed by atoms with Crippen molar-refractivity contribution in [2.24, 2.45) is 0 Å². The van der Waals surface area contributed by atoms with Crippen LogP contribution in [0.25, 0.3) is 0 Å². The van der Waals surface area contributed by atoms with Crippen molar-refractivity contribution in [3.63, 3.8) is 0 Å². The molecule has 0 aliphatic carbocycles. The second-order valence-corrected chi connectivity index (χ2v) is 5.92. The maximum Gasteiger partial charge on any atom is 0.310 e. The first kappa shape index (κ1) is 15.7. The van der Waals surface area contributed by atoms with Gasteiger partial charge in [0.2, 0.25) is 0 Å². The van der Waals surface area contributed by atoms with Crippen LogP contribution in [0.3, 0.4) is 0 Å². The van der Waals surface area contributed by atoms with Crippen molar-refractivity contribution in [2.45, 2.75) is 38.3 Å². The van der Waals surface area contributed by atoms with Crippen molar-refractivity contribution >= 4 is 5.69 Å². The van der Waals surface area contributed by atoms with Gasteiger partial charge < -0.3 is 9.84 Å². The molecule has 1 atom stereocenters. The molecule has 0 radical (unpaired) electrons. The summed E-state index contributed by atoms with van der Waals surface area (Å²) in [4.78, 5) is 12.7. The molecule has 0 amide bonds. The van der Waals surface area contributed by atoms with Gasteiger partial charge in [-0.25, -0.2) is 0 Å². The lowest BCUT2D eigenvalue weighted by atomic mass is 9.97. The van der Waals surface area contributed by atoms with Gasteiger partial charge in [0, 0.05) is 18.7 Å². The molecular weight excluding hydrogens is 272 g/mol. The summed E-state index contributed by atoms with van der Waals surface area (Å²) >= 11 is 0. The zero-order chi connectivity index (χ0) is 15.5. The van der Waals surface area contributed by atoms with Crippen LogP contribution in [-0.2, 0) is 0 Å². The molecule has 1 aliphatic heterocycles.